The Kier molecular flexibility index (Phi) is 7.27. The monoisotopic (exact) mass is 458 g/mol. The summed E-state index contributed by atoms with van der Waals surface area (Å²) in [7, 11) is 2.83. The Balaban J connectivity index is 1.99. The molecule has 7 nitrogen and oxygen atoms in total. The van der Waals surface area contributed by atoms with E-state index in [1.54, 1.807) is 30.3 Å². The molecule has 3 rings (SSSR count). The van der Waals surface area contributed by atoms with Gasteiger partial charge in [0, 0.05) is 16.7 Å². The summed E-state index contributed by atoms with van der Waals surface area (Å²) >= 11 is 6.20. The van der Waals surface area contributed by atoms with Crippen LogP contribution in [0.3, 0.4) is 0 Å². The minimum Gasteiger partial charge on any atom is -0.496 e. The second kappa shape index (κ2) is 10.1. The fourth-order valence-corrected chi connectivity index (χ4v) is 3.46. The lowest BCUT2D eigenvalue weighted by Gasteiger charge is -2.19. The van der Waals surface area contributed by atoms with Crippen LogP contribution in [0.1, 0.15) is 28.5 Å². The Labute approximate surface area is 188 Å². The summed E-state index contributed by atoms with van der Waals surface area (Å²) in [5.74, 6) is -1.64. The predicted octanol–water partition coefficient (Wildman–Crippen LogP) is 4.50. The van der Waals surface area contributed by atoms with E-state index in [0.29, 0.717) is 21.9 Å². The van der Waals surface area contributed by atoms with Crippen LogP contribution < -0.4 is 14.8 Å². The fraction of sp³-hybridized carbons (Fsp3) is 0.174. The number of carbonyl (C=O) groups is 2. The van der Waals surface area contributed by atoms with E-state index in [2.05, 4.69) is 10.3 Å². The average molecular weight is 459 g/mol. The third kappa shape index (κ3) is 5.15. The minimum absolute atomic E-state index is 0.00891. The van der Waals surface area contributed by atoms with Gasteiger partial charge in [0.1, 0.15) is 28.7 Å². The molecular formula is C23H20ClFN2O5. The Morgan fingerprint density at radius 3 is 2.47 bits per heavy atom. The number of benzene rings is 2. The number of hydrogen-bond acceptors (Lipinski definition) is 5. The number of methoxy groups -OCH3 is 2. The lowest BCUT2D eigenvalue weighted by atomic mass is 10.0. The molecule has 0 saturated carbocycles. The molecule has 0 saturated heterocycles. The van der Waals surface area contributed by atoms with Crippen LogP contribution in [0.4, 0.5) is 4.39 Å². The first-order valence-corrected chi connectivity index (χ1v) is 9.87. The van der Waals surface area contributed by atoms with Gasteiger partial charge in [0.2, 0.25) is 0 Å². The molecule has 2 N–H and O–H groups in total. The van der Waals surface area contributed by atoms with Gasteiger partial charge in [0.05, 0.1) is 26.7 Å². The number of halogens is 2. The number of aromatic nitrogens is 1. The lowest BCUT2D eigenvalue weighted by molar-refractivity contribution is -0.137. The number of pyridine rings is 1. The van der Waals surface area contributed by atoms with Crippen molar-refractivity contribution in [1.82, 2.24) is 10.3 Å². The molecule has 0 aliphatic rings. The van der Waals surface area contributed by atoms with Crippen LogP contribution in [-0.2, 0) is 4.79 Å². The lowest BCUT2D eigenvalue weighted by Crippen LogP contribution is -2.31. The van der Waals surface area contributed by atoms with Crippen molar-refractivity contribution in [3.05, 3.63) is 76.7 Å². The highest BCUT2D eigenvalue weighted by atomic mass is 35.5. The normalized spacial score (nSPS) is 11.5. The van der Waals surface area contributed by atoms with Crippen molar-refractivity contribution in [2.45, 2.75) is 12.5 Å². The highest BCUT2D eigenvalue weighted by Gasteiger charge is 2.23. The molecule has 1 unspecified atom stereocenters. The Hall–Kier alpha value is -3.65. The Morgan fingerprint density at radius 2 is 1.81 bits per heavy atom. The molecule has 0 radical (unpaired) electrons. The summed E-state index contributed by atoms with van der Waals surface area (Å²) in [4.78, 5) is 28.7. The molecule has 0 spiro atoms. The summed E-state index contributed by atoms with van der Waals surface area (Å²) < 4.78 is 24.2. The maximum Gasteiger partial charge on any atom is 0.305 e. The summed E-state index contributed by atoms with van der Waals surface area (Å²) in [6.45, 7) is 0. The van der Waals surface area contributed by atoms with Crippen molar-refractivity contribution in [3.63, 3.8) is 0 Å². The zero-order valence-corrected chi connectivity index (χ0v) is 18.0. The van der Waals surface area contributed by atoms with Crippen LogP contribution in [0.25, 0.3) is 11.3 Å². The van der Waals surface area contributed by atoms with E-state index in [4.69, 9.17) is 21.1 Å². The van der Waals surface area contributed by atoms with Crippen LogP contribution >= 0.6 is 11.6 Å². The van der Waals surface area contributed by atoms with Gasteiger partial charge in [-0.25, -0.2) is 9.37 Å². The van der Waals surface area contributed by atoms with E-state index >= 15 is 0 Å². The minimum atomic E-state index is -1.10. The number of hydrogen-bond donors (Lipinski definition) is 2. The van der Waals surface area contributed by atoms with E-state index in [1.807, 2.05) is 0 Å². The zero-order chi connectivity index (χ0) is 23.3. The van der Waals surface area contributed by atoms with Crippen molar-refractivity contribution < 1.29 is 28.6 Å². The van der Waals surface area contributed by atoms with Gasteiger partial charge >= 0.3 is 5.97 Å². The van der Waals surface area contributed by atoms with E-state index in [9.17, 15) is 19.1 Å². The number of amides is 1. The second-order valence-corrected chi connectivity index (χ2v) is 7.14. The second-order valence-electron chi connectivity index (χ2n) is 6.74. The van der Waals surface area contributed by atoms with Crippen molar-refractivity contribution in [3.8, 4) is 22.8 Å². The molecule has 2 aromatic carbocycles. The molecular weight excluding hydrogens is 439 g/mol. The molecule has 0 aliphatic carbocycles. The summed E-state index contributed by atoms with van der Waals surface area (Å²) in [6, 6.07) is 12.7. The molecule has 1 aromatic heterocycles. The van der Waals surface area contributed by atoms with Crippen LogP contribution in [-0.4, -0.2) is 36.2 Å². The molecule has 1 atom stereocenters. The maximum absolute atomic E-state index is 13.6. The van der Waals surface area contributed by atoms with Crippen LogP contribution in [0.2, 0.25) is 5.02 Å². The number of ether oxygens (including phenoxy) is 2. The standard InChI is InChI=1S/C23H20ClFN2O5/c1-31-19-10-9-17(26-22(19)15-8-7-13(25)11-20(15)32-2)23(30)27-18(12-21(28)29)14-5-3-4-6-16(14)24/h3-11,18H,12H2,1-2H3,(H,27,30)(H,28,29). The van der Waals surface area contributed by atoms with Gasteiger partial charge in [-0.15, -0.1) is 0 Å². The fourth-order valence-electron chi connectivity index (χ4n) is 3.19. The molecule has 0 bridgehead atoms. The molecule has 0 fully saturated rings. The van der Waals surface area contributed by atoms with E-state index in [1.165, 1.54) is 38.5 Å². The first-order valence-electron chi connectivity index (χ1n) is 9.50. The molecule has 166 valence electrons. The number of carboxylic acids is 1. The molecule has 1 amide bonds. The van der Waals surface area contributed by atoms with Gasteiger partial charge in [0.25, 0.3) is 5.91 Å². The molecule has 9 heteroatoms. The number of aliphatic carboxylic acids is 1. The van der Waals surface area contributed by atoms with Crippen LogP contribution in [0.15, 0.2) is 54.6 Å². The summed E-state index contributed by atoms with van der Waals surface area (Å²) in [5, 5.41) is 12.3. The Morgan fingerprint density at radius 1 is 1.09 bits per heavy atom. The van der Waals surface area contributed by atoms with Gasteiger partial charge in [-0.3, -0.25) is 9.59 Å². The largest absolute Gasteiger partial charge is 0.496 e. The molecule has 0 aliphatic heterocycles. The molecule has 3 aromatic rings. The number of rotatable bonds is 8. The number of carbonyl (C=O) groups excluding carboxylic acids is 1. The van der Waals surface area contributed by atoms with Crippen molar-refractivity contribution in [2.24, 2.45) is 0 Å². The van der Waals surface area contributed by atoms with Crippen molar-refractivity contribution >= 4 is 23.5 Å². The van der Waals surface area contributed by atoms with Gasteiger partial charge < -0.3 is 19.9 Å². The average Bonchev–Trinajstić information content (AvgIpc) is 2.78. The number of carboxylic acid groups (broad SMARTS) is 1. The number of nitrogens with one attached hydrogen (secondary N) is 1. The maximum atomic E-state index is 13.6. The van der Waals surface area contributed by atoms with Gasteiger partial charge in [0.15, 0.2) is 0 Å². The van der Waals surface area contributed by atoms with E-state index in [0.717, 1.165) is 0 Å². The molecule has 32 heavy (non-hydrogen) atoms. The number of nitrogens with zero attached hydrogens (tertiary/aromatic N) is 1. The summed E-state index contributed by atoms with van der Waals surface area (Å²) in [5.41, 5.74) is 1.17. The first-order chi connectivity index (χ1) is 15.3. The highest BCUT2D eigenvalue weighted by Crippen LogP contribution is 2.35. The van der Waals surface area contributed by atoms with Gasteiger partial charge in [-0.1, -0.05) is 29.8 Å². The van der Waals surface area contributed by atoms with Gasteiger partial charge in [-0.2, -0.15) is 0 Å². The van der Waals surface area contributed by atoms with Crippen molar-refractivity contribution in [2.75, 3.05) is 14.2 Å². The highest BCUT2D eigenvalue weighted by molar-refractivity contribution is 6.31. The smallest absolute Gasteiger partial charge is 0.305 e. The van der Waals surface area contributed by atoms with Crippen LogP contribution in [0.5, 0.6) is 11.5 Å². The quantitative estimate of drug-likeness (QED) is 0.515. The third-order valence-corrected chi connectivity index (χ3v) is 5.04. The van der Waals surface area contributed by atoms with Gasteiger partial charge in [-0.05, 0) is 35.9 Å². The summed E-state index contributed by atoms with van der Waals surface area (Å²) in [6.07, 6.45) is -0.371. The first kappa shape index (κ1) is 23.0. The van der Waals surface area contributed by atoms with E-state index < -0.39 is 23.7 Å². The molecule has 1 heterocycles. The van der Waals surface area contributed by atoms with Crippen LogP contribution in [0, 0.1) is 5.82 Å². The predicted molar refractivity (Wildman–Crippen MR) is 117 cm³/mol. The SMILES string of the molecule is COc1cc(F)ccc1-c1nc(C(=O)NC(CC(=O)O)c2ccccc2Cl)ccc1OC. The Bertz CT molecular complexity index is 1150. The zero-order valence-electron chi connectivity index (χ0n) is 17.3. The third-order valence-electron chi connectivity index (χ3n) is 4.69. The van der Waals surface area contributed by atoms with Crippen molar-refractivity contribution in [1.29, 1.82) is 0 Å². The van der Waals surface area contributed by atoms with E-state index in [-0.39, 0.29) is 23.6 Å². The topological polar surface area (TPSA) is 97.8 Å².